The Morgan fingerprint density at radius 3 is 1.39 bits per heavy atom. The van der Waals surface area contributed by atoms with Gasteiger partial charge < -0.3 is 14.2 Å². The van der Waals surface area contributed by atoms with Crippen molar-refractivity contribution in [1.82, 2.24) is 0 Å². The fourth-order valence-electron chi connectivity index (χ4n) is 2.46. The molecule has 2 unspecified atom stereocenters. The predicted octanol–water partition coefficient (Wildman–Crippen LogP) is 4.53. The number of carbonyl (C=O) groups is 4. The quantitative estimate of drug-likeness (QED) is 0.313. The first-order valence-electron chi connectivity index (χ1n) is 10.1. The Labute approximate surface area is 181 Å². The van der Waals surface area contributed by atoms with Crippen LogP contribution in [0, 0.1) is 0 Å². The number of carbonyl (C=O) groups excluding carboxylic acids is 4. The molecule has 0 aliphatic heterocycles. The molecule has 7 nitrogen and oxygen atoms in total. The van der Waals surface area contributed by atoms with Crippen LogP contribution in [0.15, 0.2) is 48.5 Å². The monoisotopic (exact) mass is 426 g/mol. The number of para-hydroxylation sites is 2. The first-order chi connectivity index (χ1) is 14.8. The van der Waals surface area contributed by atoms with Crippen LogP contribution in [0.25, 0.3) is 0 Å². The van der Waals surface area contributed by atoms with Crippen molar-refractivity contribution in [3.63, 3.8) is 0 Å². The Kier molecular flexibility index (Phi) is 8.49. The van der Waals surface area contributed by atoms with Crippen LogP contribution in [0.4, 0.5) is 0 Å². The minimum Gasteiger partial charge on any atom is -0.457 e. The number of ether oxygens (including phenoxy) is 3. The summed E-state index contributed by atoms with van der Waals surface area (Å²) in [4.78, 5) is 49.5. The molecule has 2 aromatic carbocycles. The number of benzene rings is 2. The number of Topliss-reactive ketones (excluding diaryl/α,β-unsaturated/α-hetero) is 2. The van der Waals surface area contributed by atoms with Crippen LogP contribution in [-0.4, -0.2) is 35.7 Å². The van der Waals surface area contributed by atoms with Gasteiger partial charge in [-0.05, 0) is 51.0 Å². The van der Waals surface area contributed by atoms with Gasteiger partial charge in [-0.15, -0.1) is 0 Å². The van der Waals surface area contributed by atoms with E-state index in [1.54, 1.807) is 38.1 Å². The van der Waals surface area contributed by atoms with Crippen LogP contribution in [0.3, 0.4) is 0 Å². The summed E-state index contributed by atoms with van der Waals surface area (Å²) in [7, 11) is 0. The second kappa shape index (κ2) is 11.1. The third-order valence-corrected chi connectivity index (χ3v) is 4.62. The van der Waals surface area contributed by atoms with E-state index in [-0.39, 0.29) is 22.6 Å². The predicted molar refractivity (Wildman–Crippen MR) is 113 cm³/mol. The minimum atomic E-state index is -0.994. The van der Waals surface area contributed by atoms with Crippen LogP contribution in [0.5, 0.6) is 11.5 Å². The van der Waals surface area contributed by atoms with Crippen molar-refractivity contribution in [3.05, 3.63) is 59.7 Å². The normalized spacial score (nSPS) is 12.4. The summed E-state index contributed by atoms with van der Waals surface area (Å²) < 4.78 is 16.0. The van der Waals surface area contributed by atoms with Gasteiger partial charge in [0.2, 0.25) is 0 Å². The summed E-state index contributed by atoms with van der Waals surface area (Å²) in [5.74, 6) is -3.60. The third kappa shape index (κ3) is 6.25. The molecule has 2 atom stereocenters. The zero-order valence-electron chi connectivity index (χ0n) is 18.0. The van der Waals surface area contributed by atoms with E-state index < -0.39 is 35.7 Å². The second-order valence-corrected chi connectivity index (χ2v) is 7.00. The molecule has 2 aromatic rings. The van der Waals surface area contributed by atoms with Gasteiger partial charge in [-0.3, -0.25) is 9.59 Å². The van der Waals surface area contributed by atoms with Gasteiger partial charge in [0.05, 0.1) is 23.3 Å². The first kappa shape index (κ1) is 23.8. The molecule has 0 radical (unpaired) electrons. The zero-order chi connectivity index (χ0) is 23.0. The number of rotatable bonds is 10. The smallest absolute Gasteiger partial charge is 0.380 e. The molecule has 0 amide bonds. The number of hydrogen-bond acceptors (Lipinski definition) is 7. The van der Waals surface area contributed by atoms with Crippen molar-refractivity contribution >= 4 is 23.5 Å². The van der Waals surface area contributed by atoms with Crippen LogP contribution < -0.4 is 4.74 Å². The van der Waals surface area contributed by atoms with E-state index >= 15 is 0 Å². The Balaban J connectivity index is 2.31. The maximum atomic E-state index is 12.6. The largest absolute Gasteiger partial charge is 0.457 e. The molecule has 0 heterocycles. The minimum absolute atomic E-state index is 0.0137. The average molecular weight is 426 g/mol. The van der Waals surface area contributed by atoms with Crippen LogP contribution >= 0.6 is 0 Å². The van der Waals surface area contributed by atoms with Gasteiger partial charge in [0.15, 0.2) is 0 Å². The van der Waals surface area contributed by atoms with E-state index in [9.17, 15) is 19.2 Å². The lowest BCUT2D eigenvalue weighted by Gasteiger charge is -2.15. The molecule has 7 heteroatoms. The van der Waals surface area contributed by atoms with Crippen molar-refractivity contribution < 1.29 is 33.4 Å². The molecule has 0 bridgehead atoms. The molecular formula is C24H26O7. The van der Waals surface area contributed by atoms with Crippen LogP contribution in [0.2, 0.25) is 0 Å². The van der Waals surface area contributed by atoms with Gasteiger partial charge in [-0.25, -0.2) is 9.59 Å². The maximum absolute atomic E-state index is 12.6. The average Bonchev–Trinajstić information content (AvgIpc) is 2.78. The standard InChI is InChI=1S/C24H26O7/c1-5-15(3)29-23(27)21(25)17-11-7-9-13-19(17)31-20-14-10-8-12-18(20)22(26)24(28)30-16(4)6-2/h7-16H,5-6H2,1-4H3. The van der Waals surface area contributed by atoms with E-state index in [4.69, 9.17) is 14.2 Å². The Morgan fingerprint density at radius 2 is 1.03 bits per heavy atom. The second-order valence-electron chi connectivity index (χ2n) is 7.00. The zero-order valence-corrected chi connectivity index (χ0v) is 18.0. The number of ketones is 2. The molecule has 0 saturated carbocycles. The lowest BCUT2D eigenvalue weighted by atomic mass is 10.1. The van der Waals surface area contributed by atoms with E-state index in [1.165, 1.54) is 24.3 Å². The molecule has 0 saturated heterocycles. The van der Waals surface area contributed by atoms with E-state index in [0.29, 0.717) is 12.8 Å². The molecular weight excluding hydrogens is 400 g/mol. The van der Waals surface area contributed by atoms with Crippen molar-refractivity contribution in [2.45, 2.75) is 52.7 Å². The highest BCUT2D eigenvalue weighted by Gasteiger charge is 2.26. The molecule has 2 rings (SSSR count). The molecule has 164 valence electrons. The highest BCUT2D eigenvalue weighted by Crippen LogP contribution is 2.29. The van der Waals surface area contributed by atoms with Gasteiger partial charge in [0.25, 0.3) is 11.6 Å². The van der Waals surface area contributed by atoms with Crippen LogP contribution in [0.1, 0.15) is 61.3 Å². The maximum Gasteiger partial charge on any atom is 0.380 e. The summed E-state index contributed by atoms with van der Waals surface area (Å²) in [6.45, 7) is 7.04. The summed E-state index contributed by atoms with van der Waals surface area (Å²) in [5, 5.41) is 0. The first-order valence-corrected chi connectivity index (χ1v) is 10.1. The molecule has 0 aromatic heterocycles. The van der Waals surface area contributed by atoms with E-state index in [2.05, 4.69) is 0 Å². The topological polar surface area (TPSA) is 96.0 Å². The number of hydrogen-bond donors (Lipinski definition) is 0. The summed E-state index contributed by atoms with van der Waals surface area (Å²) in [6, 6.07) is 12.2. The lowest BCUT2D eigenvalue weighted by molar-refractivity contribution is -0.143. The molecule has 0 spiro atoms. The highest BCUT2D eigenvalue weighted by molar-refractivity contribution is 6.42. The Hall–Kier alpha value is -3.48. The van der Waals surface area contributed by atoms with Gasteiger partial charge in [-0.2, -0.15) is 0 Å². The molecule has 0 aliphatic carbocycles. The number of esters is 2. The SMILES string of the molecule is CCC(C)OC(=O)C(=O)c1ccccc1Oc1ccccc1C(=O)C(=O)OC(C)CC. The van der Waals surface area contributed by atoms with Gasteiger partial charge in [0.1, 0.15) is 11.5 Å². The molecule has 0 fully saturated rings. The summed E-state index contributed by atoms with van der Waals surface area (Å²) >= 11 is 0. The summed E-state index contributed by atoms with van der Waals surface area (Å²) in [6.07, 6.45) is 0.331. The van der Waals surface area contributed by atoms with Crippen LogP contribution in [-0.2, 0) is 19.1 Å². The fourth-order valence-corrected chi connectivity index (χ4v) is 2.46. The summed E-state index contributed by atoms with van der Waals surface area (Å²) in [5.41, 5.74) is -0.0273. The van der Waals surface area contributed by atoms with Crippen molar-refractivity contribution in [1.29, 1.82) is 0 Å². The van der Waals surface area contributed by atoms with Crippen molar-refractivity contribution in [2.24, 2.45) is 0 Å². The molecule has 0 N–H and O–H groups in total. The Bertz CT molecular complexity index is 886. The Morgan fingerprint density at radius 1 is 0.677 bits per heavy atom. The van der Waals surface area contributed by atoms with E-state index in [1.807, 2.05) is 13.8 Å². The highest BCUT2D eigenvalue weighted by atomic mass is 16.6. The van der Waals surface area contributed by atoms with Crippen molar-refractivity contribution in [3.8, 4) is 11.5 Å². The fraction of sp³-hybridized carbons (Fsp3) is 0.333. The molecule has 31 heavy (non-hydrogen) atoms. The third-order valence-electron chi connectivity index (χ3n) is 4.62. The van der Waals surface area contributed by atoms with Gasteiger partial charge in [0, 0.05) is 0 Å². The lowest BCUT2D eigenvalue weighted by Crippen LogP contribution is -2.23. The van der Waals surface area contributed by atoms with Crippen molar-refractivity contribution in [2.75, 3.05) is 0 Å². The van der Waals surface area contributed by atoms with E-state index in [0.717, 1.165) is 0 Å². The molecule has 0 aliphatic rings. The van der Waals surface area contributed by atoms with Gasteiger partial charge >= 0.3 is 11.9 Å². The van der Waals surface area contributed by atoms with Gasteiger partial charge in [-0.1, -0.05) is 38.1 Å².